The minimum atomic E-state index is -3.51. The molecule has 6 heteroatoms. The predicted molar refractivity (Wildman–Crippen MR) is 78.9 cm³/mol. The first-order valence-corrected chi connectivity index (χ1v) is 8.28. The number of anilines is 1. The second-order valence-electron chi connectivity index (χ2n) is 5.46. The van der Waals surface area contributed by atoms with Gasteiger partial charge < -0.3 is 10.8 Å². The fourth-order valence-corrected chi connectivity index (χ4v) is 4.63. The van der Waals surface area contributed by atoms with Crippen molar-refractivity contribution in [1.82, 2.24) is 4.31 Å². The molecule has 1 aliphatic rings. The van der Waals surface area contributed by atoms with Gasteiger partial charge in [-0.15, -0.1) is 0 Å². The largest absolute Gasteiger partial charge is 0.398 e. The number of piperidine rings is 1. The van der Waals surface area contributed by atoms with Gasteiger partial charge in [0, 0.05) is 25.4 Å². The van der Waals surface area contributed by atoms with Crippen LogP contribution in [0.15, 0.2) is 17.0 Å². The van der Waals surface area contributed by atoms with Crippen molar-refractivity contribution in [2.75, 3.05) is 25.4 Å². The molecular weight excluding hydrogens is 276 g/mol. The number of nitrogens with zero attached hydrogens (tertiary/aromatic N) is 1. The lowest BCUT2D eigenvalue weighted by molar-refractivity contribution is 0.170. The van der Waals surface area contributed by atoms with Crippen LogP contribution in [0.5, 0.6) is 0 Å². The van der Waals surface area contributed by atoms with Crippen LogP contribution >= 0.6 is 0 Å². The smallest absolute Gasteiger partial charge is 0.243 e. The van der Waals surface area contributed by atoms with Gasteiger partial charge in [-0.3, -0.25) is 0 Å². The zero-order valence-corrected chi connectivity index (χ0v) is 12.8. The Labute approximate surface area is 120 Å². The first-order valence-electron chi connectivity index (χ1n) is 6.84. The van der Waals surface area contributed by atoms with E-state index in [-0.39, 0.29) is 12.5 Å². The summed E-state index contributed by atoms with van der Waals surface area (Å²) in [7, 11) is -3.51. The third-order valence-electron chi connectivity index (χ3n) is 4.07. The summed E-state index contributed by atoms with van der Waals surface area (Å²) in [5.41, 5.74) is 7.69. The zero-order chi connectivity index (χ0) is 14.9. The Morgan fingerprint density at radius 2 is 1.90 bits per heavy atom. The molecule has 1 saturated heterocycles. The van der Waals surface area contributed by atoms with Gasteiger partial charge in [-0.05, 0) is 49.8 Å². The van der Waals surface area contributed by atoms with Crippen molar-refractivity contribution in [3.63, 3.8) is 0 Å². The van der Waals surface area contributed by atoms with Crippen molar-refractivity contribution in [3.05, 3.63) is 23.3 Å². The number of hydrogen-bond donors (Lipinski definition) is 2. The maximum absolute atomic E-state index is 12.8. The average Bonchev–Trinajstić information content (AvgIpc) is 2.43. The fourth-order valence-electron chi connectivity index (χ4n) is 2.70. The highest BCUT2D eigenvalue weighted by atomic mass is 32.2. The number of rotatable bonds is 3. The summed E-state index contributed by atoms with van der Waals surface area (Å²) < 4.78 is 27.1. The Morgan fingerprint density at radius 3 is 2.45 bits per heavy atom. The fraction of sp³-hybridized carbons (Fsp3) is 0.571. The molecule has 0 radical (unpaired) electrons. The Hall–Kier alpha value is -1.11. The maximum atomic E-state index is 12.8. The van der Waals surface area contributed by atoms with Crippen LogP contribution in [0.2, 0.25) is 0 Å². The molecule has 0 aliphatic carbocycles. The van der Waals surface area contributed by atoms with Crippen molar-refractivity contribution in [2.24, 2.45) is 5.92 Å². The normalized spacial score (nSPS) is 18.4. The van der Waals surface area contributed by atoms with E-state index in [1.54, 1.807) is 26.0 Å². The van der Waals surface area contributed by atoms with Gasteiger partial charge >= 0.3 is 0 Å². The third kappa shape index (κ3) is 2.68. The molecule has 0 spiro atoms. The van der Waals surface area contributed by atoms with E-state index < -0.39 is 10.0 Å². The summed E-state index contributed by atoms with van der Waals surface area (Å²) >= 11 is 0. The van der Waals surface area contributed by atoms with Gasteiger partial charge in [0.25, 0.3) is 0 Å². The predicted octanol–water partition coefficient (Wildman–Crippen LogP) is 1.28. The van der Waals surface area contributed by atoms with E-state index in [9.17, 15) is 8.42 Å². The van der Waals surface area contributed by atoms with Gasteiger partial charge in [0.15, 0.2) is 0 Å². The second kappa shape index (κ2) is 5.71. The number of benzene rings is 1. The molecule has 1 aliphatic heterocycles. The number of aliphatic hydroxyl groups is 1. The molecular formula is C14H22N2O3S. The molecule has 112 valence electrons. The van der Waals surface area contributed by atoms with Crippen molar-refractivity contribution in [2.45, 2.75) is 31.6 Å². The van der Waals surface area contributed by atoms with E-state index in [0.29, 0.717) is 42.1 Å². The highest BCUT2D eigenvalue weighted by Crippen LogP contribution is 2.30. The van der Waals surface area contributed by atoms with E-state index in [1.807, 2.05) is 0 Å². The van der Waals surface area contributed by atoms with Crippen LogP contribution in [0.25, 0.3) is 0 Å². The first kappa shape index (κ1) is 15.3. The lowest BCUT2D eigenvalue weighted by atomic mass is 10.00. The molecule has 0 atom stereocenters. The summed E-state index contributed by atoms with van der Waals surface area (Å²) in [6.07, 6.45) is 1.41. The van der Waals surface area contributed by atoms with E-state index in [0.717, 1.165) is 5.56 Å². The summed E-state index contributed by atoms with van der Waals surface area (Å²) in [6, 6.07) is 3.48. The second-order valence-corrected chi connectivity index (χ2v) is 7.33. The number of sulfonamides is 1. The first-order chi connectivity index (χ1) is 9.37. The number of aliphatic hydroxyl groups excluding tert-OH is 1. The maximum Gasteiger partial charge on any atom is 0.243 e. The van der Waals surface area contributed by atoms with Gasteiger partial charge in [0.05, 0.1) is 4.90 Å². The molecule has 2 rings (SSSR count). The number of hydrogen-bond acceptors (Lipinski definition) is 4. The Morgan fingerprint density at radius 1 is 1.30 bits per heavy atom. The van der Waals surface area contributed by atoms with Crippen LogP contribution in [-0.2, 0) is 10.0 Å². The molecule has 3 N–H and O–H groups in total. The lowest BCUT2D eigenvalue weighted by Crippen LogP contribution is -2.39. The van der Waals surface area contributed by atoms with E-state index in [4.69, 9.17) is 10.8 Å². The molecule has 5 nitrogen and oxygen atoms in total. The lowest BCUT2D eigenvalue weighted by Gasteiger charge is -2.31. The molecule has 20 heavy (non-hydrogen) atoms. The molecule has 1 aromatic rings. The van der Waals surface area contributed by atoms with Crippen LogP contribution in [0.3, 0.4) is 0 Å². The summed E-state index contributed by atoms with van der Waals surface area (Å²) in [5, 5.41) is 9.14. The Bertz CT molecular complexity index is 591. The quantitative estimate of drug-likeness (QED) is 0.823. The van der Waals surface area contributed by atoms with Crippen LogP contribution in [0.1, 0.15) is 24.0 Å². The Balaban J connectivity index is 2.35. The molecule has 0 unspecified atom stereocenters. The molecule has 0 bridgehead atoms. The summed E-state index contributed by atoms with van der Waals surface area (Å²) in [6.45, 7) is 4.59. The van der Waals surface area contributed by atoms with E-state index in [2.05, 4.69) is 0 Å². The average molecular weight is 298 g/mol. The van der Waals surface area contributed by atoms with Crippen LogP contribution < -0.4 is 5.73 Å². The number of aryl methyl sites for hydroxylation is 1. The molecule has 1 fully saturated rings. The monoisotopic (exact) mass is 298 g/mol. The number of nitrogen functional groups attached to an aromatic ring is 1. The standard InChI is InChI=1S/C14H22N2O3S/c1-10-3-4-13(15)11(2)14(10)20(18,19)16-7-5-12(9-17)6-8-16/h3-4,12,17H,5-9,15H2,1-2H3. The van der Waals surface area contributed by atoms with Gasteiger partial charge in [-0.2, -0.15) is 4.31 Å². The van der Waals surface area contributed by atoms with Crippen molar-refractivity contribution in [3.8, 4) is 0 Å². The number of nitrogens with two attached hydrogens (primary N) is 1. The highest BCUT2D eigenvalue weighted by molar-refractivity contribution is 7.89. The molecule has 1 aromatic carbocycles. The summed E-state index contributed by atoms with van der Waals surface area (Å²) in [5.74, 6) is 0.212. The van der Waals surface area contributed by atoms with Gasteiger partial charge in [-0.25, -0.2) is 8.42 Å². The highest BCUT2D eigenvalue weighted by Gasteiger charge is 2.31. The van der Waals surface area contributed by atoms with Gasteiger partial charge in [0.2, 0.25) is 10.0 Å². The third-order valence-corrected chi connectivity index (χ3v) is 6.26. The van der Waals surface area contributed by atoms with Crippen LogP contribution in [0.4, 0.5) is 5.69 Å². The van der Waals surface area contributed by atoms with Gasteiger partial charge in [-0.1, -0.05) is 6.07 Å². The summed E-state index contributed by atoms with van der Waals surface area (Å²) in [4.78, 5) is 0.333. The minimum absolute atomic E-state index is 0.129. The molecule has 0 saturated carbocycles. The van der Waals surface area contributed by atoms with Crippen LogP contribution in [-0.4, -0.2) is 37.5 Å². The van der Waals surface area contributed by atoms with Crippen molar-refractivity contribution < 1.29 is 13.5 Å². The van der Waals surface area contributed by atoms with Crippen LogP contribution in [0, 0.1) is 19.8 Å². The Kier molecular flexibility index (Phi) is 4.36. The zero-order valence-electron chi connectivity index (χ0n) is 12.0. The molecule has 0 aromatic heterocycles. The van der Waals surface area contributed by atoms with Crippen molar-refractivity contribution in [1.29, 1.82) is 0 Å². The van der Waals surface area contributed by atoms with Crippen molar-refractivity contribution >= 4 is 15.7 Å². The van der Waals surface area contributed by atoms with Gasteiger partial charge in [0.1, 0.15) is 0 Å². The molecule has 0 amide bonds. The topological polar surface area (TPSA) is 83.6 Å². The van der Waals surface area contributed by atoms with E-state index in [1.165, 1.54) is 4.31 Å². The SMILES string of the molecule is Cc1ccc(N)c(C)c1S(=O)(=O)N1CCC(CO)CC1. The molecule has 1 heterocycles. The van der Waals surface area contributed by atoms with E-state index >= 15 is 0 Å². The minimum Gasteiger partial charge on any atom is -0.398 e.